The number of carbonyl (C=O) groups is 1. The largest absolute Gasteiger partial charge is 0.351 e. The van der Waals surface area contributed by atoms with Gasteiger partial charge in [-0.25, -0.2) is 4.68 Å². The molecule has 1 fully saturated rings. The fraction of sp³-hybridized carbons (Fsp3) is 0.333. The predicted molar refractivity (Wildman–Crippen MR) is 120 cm³/mol. The number of likely N-dealkylation sites (tertiary alicyclic amines) is 1. The minimum Gasteiger partial charge on any atom is -0.351 e. The maximum atomic E-state index is 13.1. The lowest BCUT2D eigenvalue weighted by molar-refractivity contribution is -0.125. The van der Waals surface area contributed by atoms with Crippen molar-refractivity contribution in [3.63, 3.8) is 0 Å². The quantitative estimate of drug-likeness (QED) is 0.641. The number of amides is 1. The van der Waals surface area contributed by atoms with E-state index in [1.807, 2.05) is 18.2 Å². The molecule has 1 aliphatic heterocycles. The number of aryl methyl sites for hydroxylation is 1. The zero-order valence-electron chi connectivity index (χ0n) is 18.0. The van der Waals surface area contributed by atoms with Crippen LogP contribution < -0.4 is 5.32 Å². The maximum absolute atomic E-state index is 13.1. The molecule has 1 aromatic heterocycles. The van der Waals surface area contributed by atoms with E-state index < -0.39 is 0 Å². The minimum atomic E-state index is -0.223. The topological polar surface area (TPSA) is 75.9 Å². The lowest BCUT2D eigenvalue weighted by atomic mass is 10.1. The van der Waals surface area contributed by atoms with Crippen LogP contribution in [0.15, 0.2) is 66.5 Å². The molecule has 2 atom stereocenters. The third kappa shape index (κ3) is 5.44. The molecule has 160 valence electrons. The second-order valence-corrected chi connectivity index (χ2v) is 8.23. The number of benzene rings is 2. The number of hydrogen-bond acceptors (Lipinski definition) is 5. The second-order valence-electron chi connectivity index (χ2n) is 8.23. The van der Waals surface area contributed by atoms with Gasteiger partial charge in [0.2, 0.25) is 5.91 Å². The summed E-state index contributed by atoms with van der Waals surface area (Å²) in [5, 5.41) is 14.7. The van der Waals surface area contributed by atoms with Gasteiger partial charge in [-0.2, -0.15) is 0 Å². The molecule has 0 spiro atoms. The highest BCUT2D eigenvalue weighted by Gasteiger charge is 2.38. The Morgan fingerprint density at radius 2 is 1.94 bits per heavy atom. The molecule has 0 radical (unpaired) electrons. The Hall–Kier alpha value is -3.32. The van der Waals surface area contributed by atoms with Crippen molar-refractivity contribution in [2.75, 3.05) is 13.1 Å². The average molecular weight is 417 g/mol. The van der Waals surface area contributed by atoms with Crippen molar-refractivity contribution < 1.29 is 4.79 Å². The van der Waals surface area contributed by atoms with Crippen LogP contribution in [0.4, 0.5) is 0 Å². The van der Waals surface area contributed by atoms with Crippen molar-refractivity contribution in [3.8, 4) is 0 Å². The Kier molecular flexibility index (Phi) is 6.52. The van der Waals surface area contributed by atoms with Crippen molar-refractivity contribution in [1.29, 1.82) is 0 Å². The number of nitrogens with zero attached hydrogens (tertiary/aromatic N) is 5. The molecule has 0 saturated carbocycles. The van der Waals surface area contributed by atoms with Crippen LogP contribution in [-0.4, -0.2) is 50.1 Å². The zero-order valence-corrected chi connectivity index (χ0v) is 18.0. The van der Waals surface area contributed by atoms with Gasteiger partial charge in [0.1, 0.15) is 6.33 Å². The van der Waals surface area contributed by atoms with E-state index in [4.69, 9.17) is 0 Å². The van der Waals surface area contributed by atoms with Crippen molar-refractivity contribution in [2.24, 2.45) is 0 Å². The Bertz CT molecular complexity index is 1010. The number of aromatic nitrogens is 4. The summed E-state index contributed by atoms with van der Waals surface area (Å²) < 4.78 is 1.76. The van der Waals surface area contributed by atoms with E-state index >= 15 is 0 Å². The van der Waals surface area contributed by atoms with E-state index in [1.165, 1.54) is 11.1 Å². The third-order valence-electron chi connectivity index (χ3n) is 5.68. The van der Waals surface area contributed by atoms with Gasteiger partial charge in [0, 0.05) is 19.6 Å². The van der Waals surface area contributed by atoms with Gasteiger partial charge in [0.15, 0.2) is 0 Å². The fourth-order valence-corrected chi connectivity index (χ4v) is 4.07. The van der Waals surface area contributed by atoms with Crippen molar-refractivity contribution in [1.82, 2.24) is 30.4 Å². The van der Waals surface area contributed by atoms with Gasteiger partial charge >= 0.3 is 0 Å². The monoisotopic (exact) mass is 416 g/mol. The van der Waals surface area contributed by atoms with Crippen LogP contribution in [-0.2, 0) is 11.3 Å². The normalized spacial score (nSPS) is 19.5. The Labute approximate surface area is 182 Å². The molecule has 1 saturated heterocycles. The van der Waals surface area contributed by atoms with Gasteiger partial charge in [0.25, 0.3) is 0 Å². The average Bonchev–Trinajstić information content (AvgIpc) is 3.44. The van der Waals surface area contributed by atoms with Gasteiger partial charge < -0.3 is 5.32 Å². The first-order chi connectivity index (χ1) is 15.1. The van der Waals surface area contributed by atoms with Gasteiger partial charge in [-0.3, -0.25) is 9.69 Å². The SMILES string of the molecule is CC(=Cc1ccccc1)CN1C[C@H](n2cnnn2)C[C@H]1C(=O)NCc1ccc(C)cc1. The van der Waals surface area contributed by atoms with Gasteiger partial charge in [-0.05, 0) is 41.8 Å². The van der Waals surface area contributed by atoms with Gasteiger partial charge in [-0.15, -0.1) is 5.10 Å². The van der Waals surface area contributed by atoms with Crippen molar-refractivity contribution in [2.45, 2.75) is 38.9 Å². The van der Waals surface area contributed by atoms with Crippen LogP contribution in [0.3, 0.4) is 0 Å². The van der Waals surface area contributed by atoms with E-state index in [9.17, 15) is 4.79 Å². The summed E-state index contributed by atoms with van der Waals surface area (Å²) in [6, 6.07) is 18.3. The number of hydrogen-bond donors (Lipinski definition) is 1. The molecule has 7 heteroatoms. The van der Waals surface area contributed by atoms with Gasteiger partial charge in [0.05, 0.1) is 12.1 Å². The molecule has 2 heterocycles. The van der Waals surface area contributed by atoms with Crippen LogP contribution in [0.2, 0.25) is 0 Å². The molecule has 0 aliphatic carbocycles. The molecule has 3 aromatic rings. The van der Waals surface area contributed by atoms with Crippen LogP contribution >= 0.6 is 0 Å². The van der Waals surface area contributed by atoms with Crippen LogP contribution in [0.5, 0.6) is 0 Å². The molecule has 31 heavy (non-hydrogen) atoms. The first-order valence-electron chi connectivity index (χ1n) is 10.6. The van der Waals surface area contributed by atoms with E-state index in [2.05, 4.69) is 82.1 Å². The van der Waals surface area contributed by atoms with E-state index in [1.54, 1.807) is 11.0 Å². The highest BCUT2D eigenvalue weighted by molar-refractivity contribution is 5.82. The van der Waals surface area contributed by atoms with Crippen LogP contribution in [0, 0.1) is 6.92 Å². The van der Waals surface area contributed by atoms with Crippen molar-refractivity contribution in [3.05, 3.63) is 83.2 Å². The second kappa shape index (κ2) is 9.66. The smallest absolute Gasteiger partial charge is 0.237 e. The third-order valence-corrected chi connectivity index (χ3v) is 5.68. The molecule has 7 nitrogen and oxygen atoms in total. The number of rotatable bonds is 7. The predicted octanol–water partition coefficient (Wildman–Crippen LogP) is 3.02. The lowest BCUT2D eigenvalue weighted by Crippen LogP contribution is -2.43. The highest BCUT2D eigenvalue weighted by Crippen LogP contribution is 2.28. The molecule has 0 unspecified atom stereocenters. The number of tetrazole rings is 1. The van der Waals surface area contributed by atoms with Crippen LogP contribution in [0.1, 0.15) is 36.1 Å². The summed E-state index contributed by atoms with van der Waals surface area (Å²) in [4.78, 5) is 15.3. The van der Waals surface area contributed by atoms with E-state index in [0.717, 1.165) is 24.2 Å². The van der Waals surface area contributed by atoms with E-state index in [0.29, 0.717) is 13.0 Å². The summed E-state index contributed by atoms with van der Waals surface area (Å²) >= 11 is 0. The maximum Gasteiger partial charge on any atom is 0.237 e. The molecule has 1 N–H and O–H groups in total. The summed E-state index contributed by atoms with van der Waals surface area (Å²) in [6.07, 6.45) is 4.48. The summed E-state index contributed by atoms with van der Waals surface area (Å²) in [5.41, 5.74) is 4.68. The Morgan fingerprint density at radius 3 is 2.65 bits per heavy atom. The van der Waals surface area contributed by atoms with Crippen LogP contribution in [0.25, 0.3) is 6.08 Å². The zero-order chi connectivity index (χ0) is 21.6. The Morgan fingerprint density at radius 1 is 1.16 bits per heavy atom. The summed E-state index contributed by atoms with van der Waals surface area (Å²) in [6.45, 7) is 6.14. The van der Waals surface area contributed by atoms with E-state index in [-0.39, 0.29) is 18.0 Å². The summed E-state index contributed by atoms with van der Waals surface area (Å²) in [5.74, 6) is 0.0451. The van der Waals surface area contributed by atoms with Crippen molar-refractivity contribution >= 4 is 12.0 Å². The molecule has 2 aromatic carbocycles. The Balaban J connectivity index is 1.46. The molecular weight excluding hydrogens is 388 g/mol. The molecule has 1 amide bonds. The molecule has 0 bridgehead atoms. The first kappa shape index (κ1) is 20.9. The number of carbonyl (C=O) groups excluding carboxylic acids is 1. The first-order valence-corrected chi connectivity index (χ1v) is 10.6. The molecule has 4 rings (SSSR count). The highest BCUT2D eigenvalue weighted by atomic mass is 16.2. The fourth-order valence-electron chi connectivity index (χ4n) is 4.07. The molecular formula is C24H28N6O. The summed E-state index contributed by atoms with van der Waals surface area (Å²) in [7, 11) is 0. The molecule has 1 aliphatic rings. The number of nitrogens with one attached hydrogen (secondary N) is 1. The minimum absolute atomic E-state index is 0.0451. The lowest BCUT2D eigenvalue weighted by Gasteiger charge is -2.24. The van der Waals surface area contributed by atoms with Gasteiger partial charge in [-0.1, -0.05) is 71.8 Å². The standard InChI is InChI=1S/C24H28N6O/c1-18-8-10-21(11-9-18)14-25-24(31)23-13-22(30-17-26-27-28-30)16-29(23)15-19(2)12-20-6-4-3-5-7-20/h3-12,17,22-23H,13-16H2,1-2H3,(H,25,31)/t22-,23+/m1/s1.